The van der Waals surface area contributed by atoms with E-state index >= 15 is 0 Å². The van der Waals surface area contributed by atoms with Gasteiger partial charge < -0.3 is 19.9 Å². The summed E-state index contributed by atoms with van der Waals surface area (Å²) in [6.45, 7) is 2.13. The van der Waals surface area contributed by atoms with Gasteiger partial charge in [-0.05, 0) is 55.5 Å². The molecule has 3 N–H and O–H groups in total. The SMILES string of the molecule is C[C@H](O)c1nccn1Cc1cc(-c2ccc(C#Cc3ccc(C(N)=O)cc3)cc2)on1. The fraction of sp³-hybridized carbons (Fsp3) is 0.125. The van der Waals surface area contributed by atoms with Gasteiger partial charge in [-0.15, -0.1) is 0 Å². The van der Waals surface area contributed by atoms with Crippen molar-refractivity contribution in [2.24, 2.45) is 5.73 Å². The molecule has 7 nitrogen and oxygen atoms in total. The van der Waals surface area contributed by atoms with Crippen LogP contribution in [0.4, 0.5) is 0 Å². The molecule has 0 saturated heterocycles. The Bertz CT molecular complexity index is 1260. The number of hydrogen-bond acceptors (Lipinski definition) is 5. The predicted octanol–water partition coefficient (Wildman–Crippen LogP) is 3.14. The van der Waals surface area contributed by atoms with Gasteiger partial charge in [-0.25, -0.2) is 4.98 Å². The van der Waals surface area contributed by atoms with E-state index in [1.807, 2.05) is 34.9 Å². The highest BCUT2D eigenvalue weighted by atomic mass is 16.5. The summed E-state index contributed by atoms with van der Waals surface area (Å²) >= 11 is 0. The number of primary amides is 1. The highest BCUT2D eigenvalue weighted by Crippen LogP contribution is 2.22. The summed E-state index contributed by atoms with van der Waals surface area (Å²) in [7, 11) is 0. The molecule has 0 spiro atoms. The first-order valence-electron chi connectivity index (χ1n) is 9.66. The van der Waals surface area contributed by atoms with E-state index in [0.29, 0.717) is 23.7 Å². The van der Waals surface area contributed by atoms with Gasteiger partial charge in [0.2, 0.25) is 5.91 Å². The van der Waals surface area contributed by atoms with Gasteiger partial charge in [0.25, 0.3) is 0 Å². The molecule has 0 aliphatic rings. The standard InChI is InChI=1S/C24H20N4O3/c1-16(29)24-26-12-13-28(24)15-21-14-22(31-27-21)19-8-4-17(5-9-19)2-3-18-6-10-20(11-7-18)23(25)30/h4-14,16,29H,15H2,1H3,(H2,25,30)/t16-/m0/s1. The van der Waals surface area contributed by atoms with E-state index in [-0.39, 0.29) is 0 Å². The van der Waals surface area contributed by atoms with Crippen molar-refractivity contribution in [1.29, 1.82) is 0 Å². The van der Waals surface area contributed by atoms with E-state index < -0.39 is 12.0 Å². The Labute approximate surface area is 179 Å². The van der Waals surface area contributed by atoms with Crippen LogP contribution in [-0.4, -0.2) is 25.7 Å². The van der Waals surface area contributed by atoms with E-state index in [1.54, 1.807) is 43.6 Å². The summed E-state index contributed by atoms with van der Waals surface area (Å²) in [5.41, 5.74) is 8.96. The number of nitrogens with zero attached hydrogens (tertiary/aromatic N) is 3. The van der Waals surface area contributed by atoms with Crippen molar-refractivity contribution in [3.63, 3.8) is 0 Å². The lowest BCUT2D eigenvalue weighted by molar-refractivity contribution is 0.100. The highest BCUT2D eigenvalue weighted by Gasteiger charge is 2.12. The quantitative estimate of drug-likeness (QED) is 0.490. The molecule has 0 radical (unpaired) electrons. The maximum Gasteiger partial charge on any atom is 0.248 e. The third-order valence-electron chi connectivity index (χ3n) is 4.70. The van der Waals surface area contributed by atoms with E-state index in [1.165, 1.54) is 0 Å². The molecule has 0 aliphatic carbocycles. The predicted molar refractivity (Wildman–Crippen MR) is 115 cm³/mol. The van der Waals surface area contributed by atoms with Crippen LogP contribution < -0.4 is 5.73 Å². The van der Waals surface area contributed by atoms with Crippen molar-refractivity contribution in [3.8, 4) is 23.2 Å². The molecular formula is C24H20N4O3. The molecule has 2 aromatic heterocycles. The van der Waals surface area contributed by atoms with Crippen LogP contribution in [0, 0.1) is 11.8 Å². The normalized spacial score (nSPS) is 11.5. The third-order valence-corrected chi connectivity index (χ3v) is 4.70. The van der Waals surface area contributed by atoms with Gasteiger partial charge in [-0.2, -0.15) is 0 Å². The second-order valence-electron chi connectivity index (χ2n) is 7.04. The van der Waals surface area contributed by atoms with Crippen molar-refractivity contribution in [1.82, 2.24) is 14.7 Å². The number of aromatic nitrogens is 3. The molecule has 31 heavy (non-hydrogen) atoms. The molecule has 0 unspecified atom stereocenters. The first kappa shape index (κ1) is 20.1. The van der Waals surface area contributed by atoms with Crippen LogP contribution in [0.25, 0.3) is 11.3 Å². The second kappa shape index (κ2) is 8.69. The molecule has 2 heterocycles. The topological polar surface area (TPSA) is 107 Å². The van der Waals surface area contributed by atoms with Gasteiger partial charge in [0.05, 0.1) is 6.54 Å². The molecule has 0 bridgehead atoms. The van der Waals surface area contributed by atoms with Crippen LogP contribution in [0.1, 0.15) is 46.0 Å². The zero-order valence-corrected chi connectivity index (χ0v) is 16.8. The van der Waals surface area contributed by atoms with Crippen molar-refractivity contribution in [3.05, 3.63) is 95.2 Å². The monoisotopic (exact) mass is 412 g/mol. The Kier molecular flexibility index (Phi) is 5.65. The summed E-state index contributed by atoms with van der Waals surface area (Å²) in [4.78, 5) is 15.3. The van der Waals surface area contributed by atoms with Crippen LogP contribution in [0.5, 0.6) is 0 Å². The highest BCUT2D eigenvalue weighted by molar-refractivity contribution is 5.92. The van der Waals surface area contributed by atoms with E-state index in [4.69, 9.17) is 10.3 Å². The van der Waals surface area contributed by atoms with Gasteiger partial charge >= 0.3 is 0 Å². The molecule has 1 amide bonds. The molecule has 0 saturated carbocycles. The first-order chi connectivity index (χ1) is 15.0. The lowest BCUT2D eigenvalue weighted by Crippen LogP contribution is -2.10. The smallest absolute Gasteiger partial charge is 0.248 e. The number of imidazole rings is 1. The summed E-state index contributed by atoms with van der Waals surface area (Å²) in [6.07, 6.45) is 2.79. The fourth-order valence-electron chi connectivity index (χ4n) is 3.10. The molecule has 4 rings (SSSR count). The summed E-state index contributed by atoms with van der Waals surface area (Å²) < 4.78 is 7.31. The fourth-order valence-corrected chi connectivity index (χ4v) is 3.10. The van der Waals surface area contributed by atoms with Crippen LogP contribution in [-0.2, 0) is 6.54 Å². The van der Waals surface area contributed by atoms with Gasteiger partial charge in [0.1, 0.15) is 17.6 Å². The van der Waals surface area contributed by atoms with Gasteiger partial charge in [-0.1, -0.05) is 17.0 Å². The second-order valence-corrected chi connectivity index (χ2v) is 7.04. The lowest BCUT2D eigenvalue weighted by Gasteiger charge is -2.07. The molecule has 154 valence electrons. The Balaban J connectivity index is 1.45. The minimum atomic E-state index is -0.656. The maximum absolute atomic E-state index is 11.1. The van der Waals surface area contributed by atoms with E-state index in [0.717, 1.165) is 22.4 Å². The zero-order valence-electron chi connectivity index (χ0n) is 16.8. The number of nitrogens with two attached hydrogens (primary N) is 1. The summed E-state index contributed by atoms with van der Waals surface area (Å²) in [5, 5.41) is 13.9. The number of hydrogen-bond donors (Lipinski definition) is 2. The molecule has 0 aliphatic heterocycles. The van der Waals surface area contributed by atoms with Crippen LogP contribution in [0.3, 0.4) is 0 Å². The maximum atomic E-state index is 11.1. The average Bonchev–Trinajstić information content (AvgIpc) is 3.43. The number of carbonyl (C=O) groups excluding carboxylic acids is 1. The van der Waals surface area contributed by atoms with E-state index in [2.05, 4.69) is 22.0 Å². The Hall–Kier alpha value is -4.15. The van der Waals surface area contributed by atoms with Gasteiger partial charge in [0.15, 0.2) is 5.76 Å². The zero-order chi connectivity index (χ0) is 21.8. The number of aliphatic hydroxyl groups is 1. The summed E-state index contributed by atoms with van der Waals surface area (Å²) in [5.74, 6) is 6.93. The number of carbonyl (C=O) groups is 1. The van der Waals surface area contributed by atoms with Crippen LogP contribution >= 0.6 is 0 Å². The largest absolute Gasteiger partial charge is 0.385 e. The average molecular weight is 412 g/mol. The van der Waals surface area contributed by atoms with E-state index in [9.17, 15) is 9.90 Å². The van der Waals surface area contributed by atoms with Crippen molar-refractivity contribution >= 4 is 5.91 Å². The minimum Gasteiger partial charge on any atom is -0.385 e. The first-order valence-corrected chi connectivity index (χ1v) is 9.66. The van der Waals surface area contributed by atoms with Gasteiger partial charge in [0, 0.05) is 40.7 Å². The molecule has 0 fully saturated rings. The van der Waals surface area contributed by atoms with Crippen molar-refractivity contribution < 1.29 is 14.4 Å². The molecule has 7 heteroatoms. The number of rotatable bonds is 5. The van der Waals surface area contributed by atoms with Crippen molar-refractivity contribution in [2.45, 2.75) is 19.6 Å². The Morgan fingerprint density at radius 1 is 1.13 bits per heavy atom. The lowest BCUT2D eigenvalue weighted by atomic mass is 10.1. The van der Waals surface area contributed by atoms with Crippen molar-refractivity contribution in [2.75, 3.05) is 0 Å². The number of aliphatic hydroxyl groups excluding tert-OH is 1. The number of benzene rings is 2. The minimum absolute atomic E-state index is 0.455. The van der Waals surface area contributed by atoms with Crippen LogP contribution in [0.2, 0.25) is 0 Å². The number of amides is 1. The van der Waals surface area contributed by atoms with Gasteiger partial charge in [-0.3, -0.25) is 4.79 Å². The molecule has 4 aromatic rings. The summed E-state index contributed by atoms with van der Waals surface area (Å²) in [6, 6.07) is 16.4. The van der Waals surface area contributed by atoms with Crippen LogP contribution in [0.15, 0.2) is 71.5 Å². The molecule has 2 aromatic carbocycles. The Morgan fingerprint density at radius 3 is 2.39 bits per heavy atom. The third kappa shape index (κ3) is 4.71. The molecular weight excluding hydrogens is 392 g/mol. The Morgan fingerprint density at radius 2 is 1.77 bits per heavy atom. The molecule has 1 atom stereocenters.